The number of aromatic nitrogens is 6. The zero-order valence-corrected chi connectivity index (χ0v) is 17.6. The third kappa shape index (κ3) is 5.78. The van der Waals surface area contributed by atoms with Crippen LogP contribution in [0.1, 0.15) is 0 Å². The molecule has 2 heterocycles. The highest BCUT2D eigenvalue weighted by Crippen LogP contribution is 2.15. The van der Waals surface area contributed by atoms with Crippen molar-refractivity contribution in [2.45, 2.75) is 13.1 Å². The number of hydrogen-bond acceptors (Lipinski definition) is 6. The summed E-state index contributed by atoms with van der Waals surface area (Å²) in [6.07, 6.45) is 3.90. The fraction of sp³-hybridized carbons (Fsp3) is 0.273. The first-order chi connectivity index (χ1) is 15.8. The van der Waals surface area contributed by atoms with Crippen LogP contribution in [0.25, 0.3) is 33.0 Å². The molecule has 10 heteroatoms. The molecule has 2 aromatic heterocycles. The first-order valence-corrected chi connectivity index (χ1v) is 10.5. The topological polar surface area (TPSA) is 113 Å². The van der Waals surface area contributed by atoms with Crippen molar-refractivity contribution in [3.63, 3.8) is 0 Å². The second-order valence-electron chi connectivity index (χ2n) is 7.26. The Morgan fingerprint density at radius 1 is 0.750 bits per heavy atom. The van der Waals surface area contributed by atoms with Crippen LogP contribution in [0.3, 0.4) is 0 Å². The summed E-state index contributed by atoms with van der Waals surface area (Å²) in [5.74, 6) is 0. The predicted molar refractivity (Wildman–Crippen MR) is 121 cm³/mol. The van der Waals surface area contributed by atoms with Crippen molar-refractivity contribution < 1.29 is 0 Å². The van der Waals surface area contributed by atoms with E-state index < -0.39 is 0 Å². The van der Waals surface area contributed by atoms with Crippen molar-refractivity contribution >= 4 is 0 Å². The third-order valence-corrected chi connectivity index (χ3v) is 5.09. The van der Waals surface area contributed by atoms with Crippen LogP contribution in [0.4, 0.5) is 0 Å². The highest BCUT2D eigenvalue weighted by Gasteiger charge is 2.09. The van der Waals surface area contributed by atoms with E-state index in [9.17, 15) is 0 Å². The highest BCUT2D eigenvalue weighted by atomic mass is 15.4. The maximum atomic E-state index is 8.61. The number of nitrogens with zero attached hydrogens (tertiary/aromatic N) is 10. The lowest BCUT2D eigenvalue weighted by atomic mass is 10.2. The SMILES string of the molecule is [N-]=[N+]=NCCN(CCn1cc(-c2ccccc2)nn1)CCn1cc(-c2ccccc2)nn1. The van der Waals surface area contributed by atoms with Gasteiger partial charge >= 0.3 is 0 Å². The number of azide groups is 1. The molecule has 0 atom stereocenters. The number of hydrogen-bond donors (Lipinski definition) is 0. The smallest absolute Gasteiger partial charge is 0.113 e. The Kier molecular flexibility index (Phi) is 7.20. The van der Waals surface area contributed by atoms with Crippen LogP contribution in [-0.4, -0.2) is 61.1 Å². The minimum absolute atomic E-state index is 0.412. The minimum Gasteiger partial charge on any atom is -0.300 e. The van der Waals surface area contributed by atoms with E-state index in [4.69, 9.17) is 5.53 Å². The third-order valence-electron chi connectivity index (χ3n) is 5.09. The van der Waals surface area contributed by atoms with Crippen LogP contribution in [0.15, 0.2) is 78.2 Å². The lowest BCUT2D eigenvalue weighted by Gasteiger charge is -2.21. The summed E-state index contributed by atoms with van der Waals surface area (Å²) in [5, 5.41) is 20.7. The first kappa shape index (κ1) is 21.2. The first-order valence-electron chi connectivity index (χ1n) is 10.5. The average molecular weight is 429 g/mol. The van der Waals surface area contributed by atoms with Crippen molar-refractivity contribution in [1.82, 2.24) is 34.9 Å². The van der Waals surface area contributed by atoms with E-state index in [1.807, 2.05) is 82.4 Å². The summed E-state index contributed by atoms with van der Waals surface area (Å²) in [5.41, 5.74) is 12.4. The van der Waals surface area contributed by atoms with Gasteiger partial charge in [0.05, 0.1) is 25.5 Å². The van der Waals surface area contributed by atoms with Gasteiger partial charge in [0.1, 0.15) is 11.4 Å². The molecule has 0 bridgehead atoms. The Morgan fingerprint density at radius 2 is 1.25 bits per heavy atom. The van der Waals surface area contributed by atoms with E-state index >= 15 is 0 Å². The van der Waals surface area contributed by atoms with E-state index in [2.05, 4.69) is 35.6 Å². The fourth-order valence-corrected chi connectivity index (χ4v) is 3.35. The Labute approximate surface area is 185 Å². The van der Waals surface area contributed by atoms with E-state index in [0.29, 0.717) is 26.2 Å². The van der Waals surface area contributed by atoms with Gasteiger partial charge in [0.15, 0.2) is 0 Å². The van der Waals surface area contributed by atoms with Gasteiger partial charge in [0.2, 0.25) is 0 Å². The molecular formula is C22H24N10. The normalized spacial score (nSPS) is 10.9. The van der Waals surface area contributed by atoms with Gasteiger partial charge in [-0.15, -0.1) is 10.2 Å². The second kappa shape index (κ2) is 10.9. The molecule has 162 valence electrons. The summed E-state index contributed by atoms with van der Waals surface area (Å²) in [6, 6.07) is 20.0. The average Bonchev–Trinajstić information content (AvgIpc) is 3.52. The van der Waals surface area contributed by atoms with Crippen molar-refractivity contribution in [1.29, 1.82) is 0 Å². The molecule has 4 aromatic rings. The van der Waals surface area contributed by atoms with Crippen molar-refractivity contribution in [3.05, 3.63) is 83.5 Å². The molecule has 32 heavy (non-hydrogen) atoms. The molecule has 0 spiro atoms. The summed E-state index contributed by atoms with van der Waals surface area (Å²) in [6.45, 7) is 3.93. The molecule has 0 N–H and O–H groups in total. The van der Waals surface area contributed by atoms with Gasteiger partial charge in [-0.3, -0.25) is 14.3 Å². The van der Waals surface area contributed by atoms with Crippen LogP contribution in [-0.2, 0) is 13.1 Å². The lowest BCUT2D eigenvalue weighted by molar-refractivity contribution is 0.249. The molecule has 10 nitrogen and oxygen atoms in total. The van der Waals surface area contributed by atoms with Crippen molar-refractivity contribution in [2.75, 3.05) is 26.2 Å². The maximum absolute atomic E-state index is 8.61. The van der Waals surface area contributed by atoms with Gasteiger partial charge in [0.25, 0.3) is 0 Å². The van der Waals surface area contributed by atoms with Crippen LogP contribution in [0, 0.1) is 0 Å². The molecule has 0 saturated carbocycles. The van der Waals surface area contributed by atoms with Crippen LogP contribution < -0.4 is 0 Å². The Bertz CT molecular complexity index is 1060. The highest BCUT2D eigenvalue weighted by molar-refractivity contribution is 5.57. The van der Waals surface area contributed by atoms with E-state index in [1.165, 1.54) is 0 Å². The maximum Gasteiger partial charge on any atom is 0.113 e. The van der Waals surface area contributed by atoms with Crippen molar-refractivity contribution in [3.8, 4) is 22.5 Å². The second-order valence-corrected chi connectivity index (χ2v) is 7.26. The molecule has 0 aliphatic rings. The zero-order valence-electron chi connectivity index (χ0n) is 17.6. The summed E-state index contributed by atoms with van der Waals surface area (Å²) >= 11 is 0. The van der Waals surface area contributed by atoms with Crippen molar-refractivity contribution in [2.24, 2.45) is 5.11 Å². The molecule has 4 rings (SSSR count). The standard InChI is InChI=1S/C22H24N10/c23-27-24-11-12-30(13-15-31-17-21(25-28-31)19-7-3-1-4-8-19)14-16-32-18-22(26-29-32)20-9-5-2-6-10-20/h1-10,17-18H,11-16H2. The molecule has 0 amide bonds. The minimum atomic E-state index is 0.412. The Morgan fingerprint density at radius 3 is 1.72 bits per heavy atom. The van der Waals surface area contributed by atoms with E-state index in [1.54, 1.807) is 0 Å². The summed E-state index contributed by atoms with van der Waals surface area (Å²) < 4.78 is 3.68. The van der Waals surface area contributed by atoms with Crippen LogP contribution in [0.2, 0.25) is 0 Å². The molecule has 0 fully saturated rings. The van der Waals surface area contributed by atoms with E-state index in [0.717, 1.165) is 35.6 Å². The summed E-state index contributed by atoms with van der Waals surface area (Å²) in [4.78, 5) is 5.09. The monoisotopic (exact) mass is 428 g/mol. The van der Waals surface area contributed by atoms with Crippen LogP contribution >= 0.6 is 0 Å². The fourth-order valence-electron chi connectivity index (χ4n) is 3.35. The molecule has 0 radical (unpaired) electrons. The van der Waals surface area contributed by atoms with Gasteiger partial charge < -0.3 is 0 Å². The molecule has 0 saturated heterocycles. The lowest BCUT2D eigenvalue weighted by Crippen LogP contribution is -2.33. The summed E-state index contributed by atoms with van der Waals surface area (Å²) in [7, 11) is 0. The molecule has 0 unspecified atom stereocenters. The molecular weight excluding hydrogens is 404 g/mol. The van der Waals surface area contributed by atoms with Crippen LogP contribution in [0.5, 0.6) is 0 Å². The van der Waals surface area contributed by atoms with Gasteiger partial charge in [-0.1, -0.05) is 76.2 Å². The molecule has 0 aliphatic heterocycles. The van der Waals surface area contributed by atoms with Gasteiger partial charge in [0, 0.05) is 42.2 Å². The zero-order chi connectivity index (χ0) is 22.0. The van der Waals surface area contributed by atoms with Gasteiger partial charge in [-0.2, -0.15) is 0 Å². The van der Waals surface area contributed by atoms with Gasteiger partial charge in [-0.25, -0.2) is 0 Å². The van der Waals surface area contributed by atoms with Gasteiger partial charge in [-0.05, 0) is 5.53 Å². The Balaban J connectivity index is 1.35. The molecule has 2 aromatic carbocycles. The predicted octanol–water partition coefficient (Wildman–Crippen LogP) is 3.52. The quantitative estimate of drug-likeness (QED) is 0.206. The number of benzene rings is 2. The number of rotatable bonds is 11. The Hall–Kier alpha value is -4.01. The van der Waals surface area contributed by atoms with E-state index in [-0.39, 0.29) is 0 Å². The molecule has 0 aliphatic carbocycles. The largest absolute Gasteiger partial charge is 0.300 e.